The summed E-state index contributed by atoms with van der Waals surface area (Å²) in [5.74, 6) is -0.185. The molecule has 0 bridgehead atoms. The van der Waals surface area contributed by atoms with Crippen LogP contribution in [0.1, 0.15) is 40.0 Å². The van der Waals surface area contributed by atoms with Crippen molar-refractivity contribution in [1.29, 1.82) is 0 Å². The first-order valence-corrected chi connectivity index (χ1v) is 7.07. The topological polar surface area (TPSA) is 59.0 Å². The highest BCUT2D eigenvalue weighted by Crippen LogP contribution is 2.32. The highest BCUT2D eigenvalue weighted by atomic mass is 16.7. The lowest BCUT2D eigenvalue weighted by atomic mass is 9.93. The second-order valence-electron chi connectivity index (χ2n) is 5.43. The van der Waals surface area contributed by atoms with Gasteiger partial charge in [-0.05, 0) is 19.3 Å². The fourth-order valence-corrected chi connectivity index (χ4v) is 2.60. The lowest BCUT2D eigenvalue weighted by Crippen LogP contribution is -2.37. The molecular formula is C14H27NO4. The average molecular weight is 273 g/mol. The molecule has 5 atom stereocenters. The van der Waals surface area contributed by atoms with Crippen molar-refractivity contribution in [2.75, 3.05) is 14.2 Å². The van der Waals surface area contributed by atoms with Gasteiger partial charge in [-0.2, -0.15) is 0 Å². The van der Waals surface area contributed by atoms with E-state index in [0.717, 1.165) is 19.3 Å². The molecule has 5 heteroatoms. The fourth-order valence-electron chi connectivity index (χ4n) is 2.60. The van der Waals surface area contributed by atoms with Crippen LogP contribution in [-0.2, 0) is 14.4 Å². The lowest BCUT2D eigenvalue weighted by molar-refractivity contribution is -0.177. The number of rotatable bonds is 6. The number of hydroxylamine groups is 2. The average Bonchev–Trinajstić information content (AvgIpc) is 2.92. The van der Waals surface area contributed by atoms with Crippen molar-refractivity contribution in [2.24, 2.45) is 11.8 Å². The molecule has 1 aliphatic rings. The zero-order valence-electron chi connectivity index (χ0n) is 12.6. The third kappa shape index (κ3) is 3.91. The van der Waals surface area contributed by atoms with Crippen molar-refractivity contribution < 1.29 is 19.5 Å². The van der Waals surface area contributed by atoms with Crippen LogP contribution >= 0.6 is 0 Å². The van der Waals surface area contributed by atoms with Crippen LogP contribution in [0.5, 0.6) is 0 Å². The van der Waals surface area contributed by atoms with Gasteiger partial charge in [0.25, 0.3) is 5.91 Å². The van der Waals surface area contributed by atoms with E-state index in [-0.39, 0.29) is 36.1 Å². The minimum atomic E-state index is -0.337. The van der Waals surface area contributed by atoms with Crippen LogP contribution in [0.15, 0.2) is 0 Å². The molecule has 0 radical (unpaired) electrons. The van der Waals surface area contributed by atoms with Crippen molar-refractivity contribution in [2.45, 2.75) is 58.3 Å². The third-order valence-corrected chi connectivity index (χ3v) is 4.23. The van der Waals surface area contributed by atoms with Gasteiger partial charge >= 0.3 is 0 Å². The molecule has 1 rings (SSSR count). The van der Waals surface area contributed by atoms with Crippen LogP contribution in [0, 0.1) is 11.8 Å². The summed E-state index contributed by atoms with van der Waals surface area (Å²) < 4.78 is 5.96. The molecule has 1 aliphatic heterocycles. The molecule has 0 aromatic heterocycles. The molecule has 0 spiro atoms. The van der Waals surface area contributed by atoms with Crippen LogP contribution in [0.3, 0.4) is 0 Å². The first kappa shape index (κ1) is 16.4. The SMILES string of the molecule is CC[C@H](O)[C@H](C)[C@@H]1CC[C@H]([C@H](C)C(=O)N(C)OC)O1. The normalized spacial score (nSPS) is 27.9. The van der Waals surface area contributed by atoms with Gasteiger partial charge in [0.1, 0.15) is 0 Å². The summed E-state index contributed by atoms with van der Waals surface area (Å²) in [6.07, 6.45) is 2.11. The molecule has 1 saturated heterocycles. The molecule has 0 unspecified atom stereocenters. The summed E-state index contributed by atoms with van der Waals surface area (Å²) in [6, 6.07) is 0. The van der Waals surface area contributed by atoms with Gasteiger partial charge in [-0.15, -0.1) is 0 Å². The van der Waals surface area contributed by atoms with Crippen molar-refractivity contribution in [1.82, 2.24) is 5.06 Å². The van der Waals surface area contributed by atoms with Crippen molar-refractivity contribution in [3.05, 3.63) is 0 Å². The minimum Gasteiger partial charge on any atom is -0.393 e. The first-order valence-electron chi connectivity index (χ1n) is 7.07. The van der Waals surface area contributed by atoms with E-state index in [4.69, 9.17) is 9.57 Å². The summed E-state index contributed by atoms with van der Waals surface area (Å²) in [6.45, 7) is 5.84. The standard InChI is InChI=1S/C14H27NO4/c1-6-11(16)9(2)12-7-8-13(19-12)10(3)14(17)15(4)18-5/h9-13,16H,6-8H2,1-5H3/t9-,10-,11-,12-,13+/m0/s1. The molecule has 1 N–H and O–H groups in total. The Morgan fingerprint density at radius 1 is 1.42 bits per heavy atom. The van der Waals surface area contributed by atoms with E-state index in [0.29, 0.717) is 0 Å². The maximum atomic E-state index is 12.0. The largest absolute Gasteiger partial charge is 0.393 e. The number of amides is 1. The van der Waals surface area contributed by atoms with Gasteiger partial charge in [-0.1, -0.05) is 20.8 Å². The van der Waals surface area contributed by atoms with E-state index in [1.54, 1.807) is 7.05 Å². The highest BCUT2D eigenvalue weighted by Gasteiger charge is 2.37. The third-order valence-electron chi connectivity index (χ3n) is 4.23. The number of aliphatic hydroxyl groups is 1. The van der Waals surface area contributed by atoms with E-state index in [9.17, 15) is 9.90 Å². The zero-order chi connectivity index (χ0) is 14.6. The molecule has 1 heterocycles. The summed E-state index contributed by atoms with van der Waals surface area (Å²) >= 11 is 0. The predicted octanol–water partition coefficient (Wildman–Crippen LogP) is 1.60. The van der Waals surface area contributed by atoms with Crippen LogP contribution in [0.4, 0.5) is 0 Å². The monoisotopic (exact) mass is 273 g/mol. The van der Waals surface area contributed by atoms with Crippen molar-refractivity contribution in [3.63, 3.8) is 0 Å². The number of carbonyl (C=O) groups is 1. The van der Waals surface area contributed by atoms with Gasteiger partial charge in [-0.3, -0.25) is 9.63 Å². The fraction of sp³-hybridized carbons (Fsp3) is 0.929. The Hall–Kier alpha value is -0.650. The van der Waals surface area contributed by atoms with Crippen LogP contribution in [0.25, 0.3) is 0 Å². The number of nitrogens with zero attached hydrogens (tertiary/aromatic N) is 1. The lowest BCUT2D eigenvalue weighted by Gasteiger charge is -2.26. The van der Waals surface area contributed by atoms with E-state index in [2.05, 4.69) is 0 Å². The molecule has 0 aliphatic carbocycles. The molecular weight excluding hydrogens is 246 g/mol. The first-order chi connectivity index (χ1) is 8.92. The molecule has 0 aromatic rings. The van der Waals surface area contributed by atoms with Gasteiger partial charge < -0.3 is 9.84 Å². The van der Waals surface area contributed by atoms with E-state index >= 15 is 0 Å². The van der Waals surface area contributed by atoms with Crippen LogP contribution in [-0.4, -0.2) is 48.5 Å². The molecule has 112 valence electrons. The zero-order valence-corrected chi connectivity index (χ0v) is 12.6. The van der Waals surface area contributed by atoms with E-state index in [1.807, 2.05) is 20.8 Å². The quantitative estimate of drug-likeness (QED) is 0.747. The Labute approximate surface area is 115 Å². The van der Waals surface area contributed by atoms with Crippen molar-refractivity contribution >= 4 is 5.91 Å². The van der Waals surface area contributed by atoms with Crippen LogP contribution < -0.4 is 0 Å². The number of carbonyl (C=O) groups excluding carboxylic acids is 1. The molecule has 1 fully saturated rings. The smallest absolute Gasteiger partial charge is 0.251 e. The van der Waals surface area contributed by atoms with E-state index < -0.39 is 0 Å². The summed E-state index contributed by atoms with van der Waals surface area (Å²) in [4.78, 5) is 16.9. The second kappa shape index (κ2) is 7.22. The molecule has 19 heavy (non-hydrogen) atoms. The number of ether oxygens (including phenoxy) is 1. The van der Waals surface area contributed by atoms with Gasteiger partial charge in [0.2, 0.25) is 0 Å². The summed E-state index contributed by atoms with van der Waals surface area (Å²) in [5, 5.41) is 11.1. The Kier molecular flexibility index (Phi) is 6.23. The Morgan fingerprint density at radius 2 is 2.00 bits per heavy atom. The molecule has 0 aromatic carbocycles. The Balaban J connectivity index is 2.54. The van der Waals surface area contributed by atoms with Gasteiger partial charge in [0.15, 0.2) is 0 Å². The predicted molar refractivity (Wildman–Crippen MR) is 72.3 cm³/mol. The second-order valence-corrected chi connectivity index (χ2v) is 5.43. The maximum absolute atomic E-state index is 12.0. The van der Waals surface area contributed by atoms with Gasteiger partial charge in [-0.25, -0.2) is 5.06 Å². The Morgan fingerprint density at radius 3 is 2.53 bits per heavy atom. The highest BCUT2D eigenvalue weighted by molar-refractivity contribution is 5.77. The minimum absolute atomic E-state index is 0.0445. The molecule has 0 saturated carbocycles. The Bertz CT molecular complexity index is 297. The summed E-state index contributed by atoms with van der Waals surface area (Å²) in [5.41, 5.74) is 0. The summed E-state index contributed by atoms with van der Waals surface area (Å²) in [7, 11) is 3.08. The van der Waals surface area contributed by atoms with Gasteiger partial charge in [0.05, 0.1) is 31.3 Å². The molecule has 1 amide bonds. The number of hydrogen-bond acceptors (Lipinski definition) is 4. The molecule has 5 nitrogen and oxygen atoms in total. The van der Waals surface area contributed by atoms with Gasteiger partial charge in [0, 0.05) is 13.0 Å². The number of hydrogen-bond donors (Lipinski definition) is 1. The van der Waals surface area contributed by atoms with Crippen LogP contribution in [0.2, 0.25) is 0 Å². The van der Waals surface area contributed by atoms with Crippen molar-refractivity contribution in [3.8, 4) is 0 Å². The number of aliphatic hydroxyl groups excluding tert-OH is 1. The maximum Gasteiger partial charge on any atom is 0.251 e. The van der Waals surface area contributed by atoms with E-state index in [1.165, 1.54) is 12.2 Å².